The second-order valence-corrected chi connectivity index (χ2v) is 8.55. The van der Waals surface area contributed by atoms with E-state index in [1.807, 2.05) is 40.4 Å². The van der Waals surface area contributed by atoms with Crippen molar-refractivity contribution in [2.24, 2.45) is 0 Å². The zero-order valence-corrected chi connectivity index (χ0v) is 17.9. The molecule has 29 heavy (non-hydrogen) atoms. The Bertz CT molecular complexity index is 1110. The predicted molar refractivity (Wildman–Crippen MR) is 120 cm³/mol. The van der Waals surface area contributed by atoms with E-state index in [0.717, 1.165) is 22.1 Å². The Kier molecular flexibility index (Phi) is 5.99. The Hall–Kier alpha value is -2.61. The van der Waals surface area contributed by atoms with Crippen LogP contribution in [0.1, 0.15) is 5.56 Å². The molecule has 2 aromatic carbocycles. The van der Waals surface area contributed by atoms with Gasteiger partial charge in [0.15, 0.2) is 10.3 Å². The largest absolute Gasteiger partial charge is 0.301 e. The molecule has 0 bridgehead atoms. The number of hydrogen-bond acceptors (Lipinski definition) is 5. The molecule has 0 aliphatic heterocycles. The second-order valence-electron chi connectivity index (χ2n) is 6.28. The highest BCUT2D eigenvalue weighted by Gasteiger charge is 2.16. The van der Waals surface area contributed by atoms with Crippen molar-refractivity contribution in [3.63, 3.8) is 0 Å². The van der Waals surface area contributed by atoms with Crippen molar-refractivity contribution in [1.82, 2.24) is 14.5 Å². The monoisotopic (exact) mass is 440 g/mol. The maximum Gasteiger partial charge on any atom is 0.236 e. The minimum absolute atomic E-state index is 0.118. The molecule has 0 atom stereocenters. The van der Waals surface area contributed by atoms with E-state index in [-0.39, 0.29) is 11.7 Å². The number of carbonyl (C=O) groups is 1. The summed E-state index contributed by atoms with van der Waals surface area (Å²) >= 11 is 8.84. The van der Waals surface area contributed by atoms with Crippen LogP contribution in [0.4, 0.5) is 5.13 Å². The van der Waals surface area contributed by atoms with Crippen molar-refractivity contribution >= 4 is 45.7 Å². The standard InChI is InChI=1S/C21H17ClN4OS2/c1-14-2-4-15(5-3-14)18-12-24-21(26(18)17-8-6-16(22)7-9-17)29-13-19(27)25-20-23-10-11-28-20/h2-12H,13H2,1H3,(H,23,25,27). The Morgan fingerprint density at radius 3 is 2.59 bits per heavy atom. The van der Waals surface area contributed by atoms with Gasteiger partial charge in [0.05, 0.1) is 17.6 Å². The number of carbonyl (C=O) groups excluding carboxylic acids is 1. The fourth-order valence-electron chi connectivity index (χ4n) is 2.77. The third kappa shape index (κ3) is 4.70. The normalized spacial score (nSPS) is 10.8. The van der Waals surface area contributed by atoms with Crippen molar-refractivity contribution < 1.29 is 4.79 Å². The maximum atomic E-state index is 12.3. The first-order valence-electron chi connectivity index (χ1n) is 8.83. The lowest BCUT2D eigenvalue weighted by Crippen LogP contribution is -2.14. The van der Waals surface area contributed by atoms with Gasteiger partial charge in [0.2, 0.25) is 5.91 Å². The first-order chi connectivity index (χ1) is 14.1. The number of nitrogens with zero attached hydrogens (tertiary/aromatic N) is 3. The maximum absolute atomic E-state index is 12.3. The smallest absolute Gasteiger partial charge is 0.236 e. The Morgan fingerprint density at radius 2 is 1.90 bits per heavy atom. The fourth-order valence-corrected chi connectivity index (χ4v) is 4.24. The quantitative estimate of drug-likeness (QED) is 0.391. The van der Waals surface area contributed by atoms with E-state index in [2.05, 4.69) is 46.5 Å². The van der Waals surface area contributed by atoms with Gasteiger partial charge in [-0.2, -0.15) is 0 Å². The van der Waals surface area contributed by atoms with Gasteiger partial charge in [-0.05, 0) is 31.2 Å². The van der Waals surface area contributed by atoms with Crippen LogP contribution in [-0.4, -0.2) is 26.2 Å². The first kappa shape index (κ1) is 19.7. The van der Waals surface area contributed by atoms with Crippen molar-refractivity contribution in [2.75, 3.05) is 11.1 Å². The second kappa shape index (κ2) is 8.82. The molecular formula is C21H17ClN4OS2. The van der Waals surface area contributed by atoms with E-state index >= 15 is 0 Å². The highest BCUT2D eigenvalue weighted by atomic mass is 35.5. The molecule has 0 radical (unpaired) electrons. The summed E-state index contributed by atoms with van der Waals surface area (Å²) in [5, 5.41) is 6.62. The van der Waals surface area contributed by atoms with Crippen molar-refractivity contribution in [3.8, 4) is 16.9 Å². The summed E-state index contributed by atoms with van der Waals surface area (Å²) in [4.78, 5) is 20.9. The van der Waals surface area contributed by atoms with Crippen LogP contribution in [0.5, 0.6) is 0 Å². The van der Waals surface area contributed by atoms with Gasteiger partial charge in [-0.15, -0.1) is 11.3 Å². The van der Waals surface area contributed by atoms with Crippen LogP contribution in [-0.2, 0) is 4.79 Å². The molecule has 8 heteroatoms. The zero-order chi connectivity index (χ0) is 20.2. The lowest BCUT2D eigenvalue weighted by atomic mass is 10.1. The number of aromatic nitrogens is 3. The molecule has 2 aromatic heterocycles. The number of anilines is 1. The average molecular weight is 441 g/mol. The van der Waals surface area contributed by atoms with Crippen LogP contribution in [0, 0.1) is 6.92 Å². The topological polar surface area (TPSA) is 59.8 Å². The third-order valence-corrected chi connectivity index (χ3v) is 6.07. The third-order valence-electron chi connectivity index (χ3n) is 4.17. The van der Waals surface area contributed by atoms with Gasteiger partial charge >= 0.3 is 0 Å². The van der Waals surface area contributed by atoms with Gasteiger partial charge in [0.25, 0.3) is 0 Å². The molecular weight excluding hydrogens is 424 g/mol. The number of halogens is 1. The van der Waals surface area contributed by atoms with Gasteiger partial charge in [-0.3, -0.25) is 9.36 Å². The SMILES string of the molecule is Cc1ccc(-c2cnc(SCC(=O)Nc3nccs3)n2-c2ccc(Cl)cc2)cc1. The number of rotatable bonds is 6. The van der Waals surface area contributed by atoms with E-state index < -0.39 is 0 Å². The number of thiazole rings is 1. The molecule has 4 aromatic rings. The lowest BCUT2D eigenvalue weighted by molar-refractivity contribution is -0.113. The van der Waals surface area contributed by atoms with Gasteiger partial charge in [0, 0.05) is 27.9 Å². The lowest BCUT2D eigenvalue weighted by Gasteiger charge is -2.12. The highest BCUT2D eigenvalue weighted by molar-refractivity contribution is 7.99. The predicted octanol–water partition coefficient (Wildman–Crippen LogP) is 5.69. The van der Waals surface area contributed by atoms with Gasteiger partial charge < -0.3 is 5.32 Å². The highest BCUT2D eigenvalue weighted by Crippen LogP contribution is 2.30. The number of hydrogen-bond donors (Lipinski definition) is 1. The molecule has 0 aliphatic rings. The van der Waals surface area contributed by atoms with Crippen molar-refractivity contribution in [2.45, 2.75) is 12.1 Å². The average Bonchev–Trinajstić information content (AvgIpc) is 3.37. The zero-order valence-electron chi connectivity index (χ0n) is 15.5. The van der Waals surface area contributed by atoms with Gasteiger partial charge in [-0.25, -0.2) is 9.97 Å². The Morgan fingerprint density at radius 1 is 1.14 bits per heavy atom. The van der Waals surface area contributed by atoms with E-state index in [0.29, 0.717) is 10.2 Å². The van der Waals surface area contributed by atoms with Crippen molar-refractivity contribution in [1.29, 1.82) is 0 Å². The first-order valence-corrected chi connectivity index (χ1v) is 11.1. The number of benzene rings is 2. The summed E-state index contributed by atoms with van der Waals surface area (Å²) < 4.78 is 2.04. The summed E-state index contributed by atoms with van der Waals surface area (Å²) in [5.74, 6) is 0.116. The number of thioether (sulfide) groups is 1. The molecule has 2 heterocycles. The fraction of sp³-hybridized carbons (Fsp3) is 0.0952. The van der Waals surface area contributed by atoms with E-state index in [1.165, 1.54) is 28.7 Å². The van der Waals surface area contributed by atoms with E-state index in [4.69, 9.17) is 11.6 Å². The van der Waals surface area contributed by atoms with Crippen LogP contribution in [0.2, 0.25) is 5.02 Å². The molecule has 4 rings (SSSR count). The molecule has 0 saturated carbocycles. The Balaban J connectivity index is 1.63. The van der Waals surface area contributed by atoms with E-state index in [1.54, 1.807) is 6.20 Å². The molecule has 146 valence electrons. The van der Waals surface area contributed by atoms with Crippen LogP contribution >= 0.6 is 34.7 Å². The molecule has 0 aliphatic carbocycles. The number of amides is 1. The number of nitrogens with one attached hydrogen (secondary N) is 1. The van der Waals surface area contributed by atoms with Crippen LogP contribution < -0.4 is 5.32 Å². The molecule has 0 fully saturated rings. The molecule has 1 N–H and O–H groups in total. The summed E-state index contributed by atoms with van der Waals surface area (Å²) in [5.41, 5.74) is 4.14. The summed E-state index contributed by atoms with van der Waals surface area (Å²) in [6.45, 7) is 2.06. The summed E-state index contributed by atoms with van der Waals surface area (Å²) in [6.07, 6.45) is 3.49. The minimum Gasteiger partial charge on any atom is -0.301 e. The van der Waals surface area contributed by atoms with Crippen LogP contribution in [0.25, 0.3) is 16.9 Å². The van der Waals surface area contributed by atoms with Crippen LogP contribution in [0.3, 0.4) is 0 Å². The molecule has 0 saturated heterocycles. The van der Waals surface area contributed by atoms with Gasteiger partial charge in [0.1, 0.15) is 0 Å². The number of aryl methyl sites for hydroxylation is 1. The molecule has 0 spiro atoms. The van der Waals surface area contributed by atoms with Crippen LogP contribution in [0.15, 0.2) is 71.5 Å². The minimum atomic E-state index is -0.118. The molecule has 5 nitrogen and oxygen atoms in total. The summed E-state index contributed by atoms with van der Waals surface area (Å²) in [7, 11) is 0. The molecule has 0 unspecified atom stereocenters. The number of imidazole rings is 1. The van der Waals surface area contributed by atoms with E-state index in [9.17, 15) is 4.79 Å². The van der Waals surface area contributed by atoms with Gasteiger partial charge in [-0.1, -0.05) is 53.2 Å². The Labute approximate surface area is 181 Å². The van der Waals surface area contributed by atoms with Crippen molar-refractivity contribution in [3.05, 3.63) is 76.9 Å². The summed E-state index contributed by atoms with van der Waals surface area (Å²) in [6, 6.07) is 15.9. The molecule has 1 amide bonds.